The Bertz CT molecular complexity index is 975. The molecule has 0 fully saturated rings. The number of pyridine rings is 1. The Labute approximate surface area is 168 Å². The van der Waals surface area contributed by atoms with E-state index < -0.39 is 0 Å². The van der Waals surface area contributed by atoms with Crippen LogP contribution >= 0.6 is 11.3 Å². The molecule has 3 rings (SSSR count). The quantitative estimate of drug-likeness (QED) is 0.641. The Kier molecular flexibility index (Phi) is 5.65. The fourth-order valence-electron chi connectivity index (χ4n) is 2.43. The fraction of sp³-hybridized carbons (Fsp3) is 0.286. The molecule has 1 amide bonds. The summed E-state index contributed by atoms with van der Waals surface area (Å²) in [4.78, 5) is 22.2. The van der Waals surface area contributed by atoms with Crippen molar-refractivity contribution in [1.29, 1.82) is 0 Å². The summed E-state index contributed by atoms with van der Waals surface area (Å²) in [6.45, 7) is 8.08. The number of aryl methyl sites for hydroxylation is 1. The van der Waals surface area contributed by atoms with E-state index in [9.17, 15) is 4.79 Å². The summed E-state index contributed by atoms with van der Waals surface area (Å²) < 4.78 is 11.0. The third-order valence-electron chi connectivity index (χ3n) is 3.94. The maximum absolute atomic E-state index is 12.8. The summed E-state index contributed by atoms with van der Waals surface area (Å²) in [7, 11) is 1.61. The van der Waals surface area contributed by atoms with Crippen LogP contribution in [-0.4, -0.2) is 23.0 Å². The van der Waals surface area contributed by atoms with Crippen LogP contribution in [0.2, 0.25) is 0 Å². The number of carbonyl (C=O) groups excluding carboxylic acids is 1. The molecule has 2 aromatic heterocycles. The second-order valence-electron chi connectivity index (χ2n) is 7.27. The lowest BCUT2D eigenvalue weighted by atomic mass is 9.98. The zero-order valence-electron chi connectivity index (χ0n) is 16.6. The fourth-order valence-corrected chi connectivity index (χ4v) is 3.45. The van der Waals surface area contributed by atoms with E-state index in [1.165, 1.54) is 11.3 Å². The summed E-state index contributed by atoms with van der Waals surface area (Å²) in [5.74, 6) is 1.42. The van der Waals surface area contributed by atoms with Crippen molar-refractivity contribution < 1.29 is 14.3 Å². The van der Waals surface area contributed by atoms with Crippen molar-refractivity contribution >= 4 is 22.9 Å². The number of ether oxygens (including phenoxy) is 2. The number of hydrogen-bond acceptors (Lipinski definition) is 6. The van der Waals surface area contributed by atoms with E-state index >= 15 is 0 Å². The van der Waals surface area contributed by atoms with Crippen LogP contribution in [0.3, 0.4) is 0 Å². The first-order valence-electron chi connectivity index (χ1n) is 8.84. The number of anilines is 1. The van der Waals surface area contributed by atoms with Crippen LogP contribution < -0.4 is 14.8 Å². The van der Waals surface area contributed by atoms with Gasteiger partial charge in [0.05, 0.1) is 17.8 Å². The van der Waals surface area contributed by atoms with E-state index in [-0.39, 0.29) is 11.3 Å². The van der Waals surface area contributed by atoms with Crippen LogP contribution in [-0.2, 0) is 5.41 Å². The molecule has 0 aliphatic heterocycles. The largest absolute Gasteiger partial charge is 0.497 e. The molecule has 1 aromatic carbocycles. The standard InChI is InChI=1S/C21H23N3O3S/c1-13-17(28-20(23-13)21(2,3)4)18(25)24-16-7-6-12-22-19(16)27-15-10-8-14(26-5)9-11-15/h6-12H,1-5H3,(H,24,25). The summed E-state index contributed by atoms with van der Waals surface area (Å²) in [6, 6.07) is 10.7. The third kappa shape index (κ3) is 4.48. The van der Waals surface area contributed by atoms with Crippen LogP contribution in [0.25, 0.3) is 0 Å². The monoisotopic (exact) mass is 397 g/mol. The third-order valence-corrected chi connectivity index (χ3v) is 5.52. The second kappa shape index (κ2) is 7.98. The average molecular weight is 398 g/mol. The Balaban J connectivity index is 1.81. The molecular weight excluding hydrogens is 374 g/mol. The number of aromatic nitrogens is 2. The Hall–Kier alpha value is -2.93. The molecule has 28 heavy (non-hydrogen) atoms. The van der Waals surface area contributed by atoms with E-state index in [0.717, 1.165) is 10.8 Å². The van der Waals surface area contributed by atoms with Gasteiger partial charge in [-0.15, -0.1) is 11.3 Å². The molecule has 146 valence electrons. The van der Waals surface area contributed by atoms with Gasteiger partial charge in [0.15, 0.2) is 0 Å². The predicted molar refractivity (Wildman–Crippen MR) is 111 cm³/mol. The summed E-state index contributed by atoms with van der Waals surface area (Å²) in [5.41, 5.74) is 1.10. The van der Waals surface area contributed by atoms with Gasteiger partial charge in [0.25, 0.3) is 5.91 Å². The van der Waals surface area contributed by atoms with Crippen molar-refractivity contribution in [1.82, 2.24) is 9.97 Å². The van der Waals surface area contributed by atoms with Crippen LogP contribution in [0.15, 0.2) is 42.6 Å². The van der Waals surface area contributed by atoms with E-state index in [1.807, 2.05) is 6.92 Å². The Morgan fingerprint density at radius 1 is 1.11 bits per heavy atom. The summed E-state index contributed by atoms with van der Waals surface area (Å²) >= 11 is 1.41. The van der Waals surface area contributed by atoms with E-state index in [0.29, 0.717) is 27.9 Å². The number of nitrogens with one attached hydrogen (secondary N) is 1. The maximum atomic E-state index is 12.8. The molecule has 0 aliphatic carbocycles. The van der Waals surface area contributed by atoms with Crippen LogP contribution in [0, 0.1) is 6.92 Å². The molecule has 0 spiro atoms. The molecule has 2 heterocycles. The van der Waals surface area contributed by atoms with Crippen LogP contribution in [0.4, 0.5) is 5.69 Å². The molecule has 0 radical (unpaired) electrons. The first-order chi connectivity index (χ1) is 13.3. The van der Waals surface area contributed by atoms with Gasteiger partial charge in [-0.2, -0.15) is 0 Å². The van der Waals surface area contributed by atoms with Gasteiger partial charge in [0, 0.05) is 11.6 Å². The van der Waals surface area contributed by atoms with Crippen molar-refractivity contribution in [3.63, 3.8) is 0 Å². The van der Waals surface area contributed by atoms with Gasteiger partial charge in [0.2, 0.25) is 5.88 Å². The number of nitrogens with zero attached hydrogens (tertiary/aromatic N) is 2. The highest BCUT2D eigenvalue weighted by Gasteiger charge is 2.23. The van der Waals surface area contributed by atoms with Crippen LogP contribution in [0.5, 0.6) is 17.4 Å². The number of amides is 1. The smallest absolute Gasteiger partial charge is 0.267 e. The average Bonchev–Trinajstić information content (AvgIpc) is 3.06. The zero-order chi connectivity index (χ0) is 20.3. The van der Waals surface area contributed by atoms with Gasteiger partial charge in [-0.1, -0.05) is 20.8 Å². The van der Waals surface area contributed by atoms with Gasteiger partial charge in [-0.05, 0) is 43.3 Å². The topological polar surface area (TPSA) is 73.3 Å². The second-order valence-corrected chi connectivity index (χ2v) is 8.27. The highest BCUT2D eigenvalue weighted by atomic mass is 32.1. The van der Waals surface area contributed by atoms with Crippen LogP contribution in [0.1, 0.15) is 41.1 Å². The molecule has 1 N–H and O–H groups in total. The van der Waals surface area contributed by atoms with Gasteiger partial charge in [0.1, 0.15) is 22.1 Å². The number of hydrogen-bond donors (Lipinski definition) is 1. The van der Waals surface area contributed by atoms with E-state index in [1.54, 1.807) is 49.7 Å². The lowest BCUT2D eigenvalue weighted by Crippen LogP contribution is -2.12. The van der Waals surface area contributed by atoms with Crippen molar-refractivity contribution in [3.8, 4) is 17.4 Å². The molecule has 0 atom stereocenters. The minimum atomic E-state index is -0.224. The maximum Gasteiger partial charge on any atom is 0.267 e. The van der Waals surface area contributed by atoms with Gasteiger partial charge < -0.3 is 14.8 Å². The Morgan fingerprint density at radius 2 is 1.79 bits per heavy atom. The van der Waals surface area contributed by atoms with E-state index in [2.05, 4.69) is 36.1 Å². The van der Waals surface area contributed by atoms with Gasteiger partial charge >= 0.3 is 0 Å². The predicted octanol–water partition coefficient (Wildman–Crippen LogP) is 5.20. The van der Waals surface area contributed by atoms with Crippen molar-refractivity contribution in [2.24, 2.45) is 0 Å². The molecule has 0 saturated carbocycles. The highest BCUT2D eigenvalue weighted by molar-refractivity contribution is 7.14. The van der Waals surface area contributed by atoms with Gasteiger partial charge in [-0.3, -0.25) is 4.79 Å². The number of rotatable bonds is 5. The summed E-state index contributed by atoms with van der Waals surface area (Å²) in [5, 5.41) is 3.82. The zero-order valence-corrected chi connectivity index (χ0v) is 17.4. The molecule has 3 aromatic rings. The molecule has 0 aliphatic rings. The molecular formula is C21H23N3O3S. The SMILES string of the molecule is COc1ccc(Oc2ncccc2NC(=O)c2sc(C(C)(C)C)nc2C)cc1. The van der Waals surface area contributed by atoms with Crippen molar-refractivity contribution in [2.75, 3.05) is 12.4 Å². The van der Waals surface area contributed by atoms with E-state index in [4.69, 9.17) is 9.47 Å². The number of thiazole rings is 1. The number of methoxy groups -OCH3 is 1. The molecule has 0 bridgehead atoms. The Morgan fingerprint density at radius 3 is 2.39 bits per heavy atom. The van der Waals surface area contributed by atoms with Crippen molar-refractivity contribution in [2.45, 2.75) is 33.1 Å². The first-order valence-corrected chi connectivity index (χ1v) is 9.66. The van der Waals surface area contributed by atoms with Crippen molar-refractivity contribution in [3.05, 3.63) is 58.2 Å². The number of benzene rings is 1. The first kappa shape index (κ1) is 19.8. The molecule has 6 nitrogen and oxygen atoms in total. The molecule has 0 unspecified atom stereocenters. The molecule has 0 saturated heterocycles. The minimum absolute atomic E-state index is 0.106. The minimum Gasteiger partial charge on any atom is -0.497 e. The molecule has 7 heteroatoms. The lowest BCUT2D eigenvalue weighted by molar-refractivity contribution is 0.102. The highest BCUT2D eigenvalue weighted by Crippen LogP contribution is 2.32. The summed E-state index contributed by atoms with van der Waals surface area (Å²) in [6.07, 6.45) is 1.62. The number of carbonyl (C=O) groups is 1. The van der Waals surface area contributed by atoms with Gasteiger partial charge in [-0.25, -0.2) is 9.97 Å². The normalized spacial score (nSPS) is 11.2. The lowest BCUT2D eigenvalue weighted by Gasteiger charge is -2.13.